The Balaban J connectivity index is 2.82. The molecule has 0 radical (unpaired) electrons. The first kappa shape index (κ1) is 9.02. The number of hydrogen-bond acceptors (Lipinski definition) is 4. The molecule has 1 aromatic carbocycles. The van der Waals surface area contributed by atoms with Gasteiger partial charge in [-0.2, -0.15) is 9.94 Å². The second-order valence-corrected chi connectivity index (χ2v) is 2.92. The molecule has 74 valence electrons. The smallest absolute Gasteiger partial charge is 0.432 e. The molecular weight excluding hydrogens is 196 g/mol. The summed E-state index contributed by atoms with van der Waals surface area (Å²) in [6.45, 7) is 0. The fourth-order valence-electron chi connectivity index (χ4n) is 1.36. The van der Waals surface area contributed by atoms with Crippen LogP contribution in [0.1, 0.15) is 5.56 Å². The van der Waals surface area contributed by atoms with E-state index in [-0.39, 0.29) is 5.82 Å². The van der Waals surface area contributed by atoms with Crippen LogP contribution in [0.2, 0.25) is 0 Å². The fraction of sp³-hybridized carbons (Fsp3) is 0. The second kappa shape index (κ2) is 2.99. The minimum absolute atomic E-state index is 0.101. The molecule has 6 heteroatoms. The van der Waals surface area contributed by atoms with Crippen LogP contribution < -0.4 is 5.73 Å². The van der Waals surface area contributed by atoms with Crippen LogP contribution in [0.5, 0.6) is 0 Å². The molecule has 0 bridgehead atoms. The van der Waals surface area contributed by atoms with Gasteiger partial charge in [0.2, 0.25) is 0 Å². The van der Waals surface area contributed by atoms with Crippen LogP contribution in [0.3, 0.4) is 0 Å². The van der Waals surface area contributed by atoms with E-state index in [1.54, 1.807) is 0 Å². The van der Waals surface area contributed by atoms with Crippen LogP contribution in [0, 0.1) is 11.3 Å². The van der Waals surface area contributed by atoms with Crippen LogP contribution >= 0.6 is 0 Å². The maximum absolute atomic E-state index is 10.8. The minimum atomic E-state index is -1.21. The number of aromatic nitrogens is 2. The molecule has 0 unspecified atom stereocenters. The lowest BCUT2D eigenvalue weighted by Crippen LogP contribution is -2.09. The molecule has 0 fully saturated rings. The average Bonchev–Trinajstić information content (AvgIpc) is 2.56. The van der Waals surface area contributed by atoms with Crippen LogP contribution in [0.25, 0.3) is 10.9 Å². The molecule has 1 aromatic heterocycles. The molecule has 0 aliphatic rings. The summed E-state index contributed by atoms with van der Waals surface area (Å²) in [5.74, 6) is 0.101. The number of carbonyl (C=O) groups is 1. The number of hydrogen-bond donors (Lipinski definition) is 2. The second-order valence-electron chi connectivity index (χ2n) is 2.92. The lowest BCUT2D eigenvalue weighted by molar-refractivity contribution is 0.194. The third kappa shape index (κ3) is 1.26. The van der Waals surface area contributed by atoms with Crippen molar-refractivity contribution in [2.75, 3.05) is 5.73 Å². The summed E-state index contributed by atoms with van der Waals surface area (Å²) < 4.78 is 0.784. The predicted molar refractivity (Wildman–Crippen MR) is 52.3 cm³/mol. The van der Waals surface area contributed by atoms with E-state index in [1.807, 2.05) is 6.07 Å². The SMILES string of the molecule is N#Cc1ccc2c(c1)c(N)nn2C(=O)O. The quantitative estimate of drug-likeness (QED) is 0.663. The molecule has 6 nitrogen and oxygen atoms in total. The number of benzene rings is 1. The highest BCUT2D eigenvalue weighted by molar-refractivity contribution is 5.95. The summed E-state index contributed by atoms with van der Waals surface area (Å²) in [6.07, 6.45) is -1.21. The van der Waals surface area contributed by atoms with Crippen LogP contribution in [-0.4, -0.2) is 21.0 Å². The fourth-order valence-corrected chi connectivity index (χ4v) is 1.36. The van der Waals surface area contributed by atoms with E-state index in [0.29, 0.717) is 16.5 Å². The zero-order valence-electron chi connectivity index (χ0n) is 7.51. The van der Waals surface area contributed by atoms with Gasteiger partial charge >= 0.3 is 6.09 Å². The summed E-state index contributed by atoms with van der Waals surface area (Å²) in [6, 6.07) is 6.48. The van der Waals surface area contributed by atoms with Crippen LogP contribution in [-0.2, 0) is 0 Å². The van der Waals surface area contributed by atoms with Gasteiger partial charge in [-0.3, -0.25) is 0 Å². The third-order valence-corrected chi connectivity index (χ3v) is 2.02. The Hall–Kier alpha value is -2.55. The van der Waals surface area contributed by atoms with Crippen molar-refractivity contribution in [2.24, 2.45) is 0 Å². The molecule has 1 heterocycles. The topological polar surface area (TPSA) is 105 Å². The number of rotatable bonds is 0. The standard InChI is InChI=1S/C9H6N4O2/c10-4-5-1-2-7-6(3-5)8(11)12-13(7)9(14)15/h1-3H,(H2,11,12)(H,14,15). The molecule has 0 atom stereocenters. The summed E-state index contributed by atoms with van der Waals surface area (Å²) in [7, 11) is 0. The molecule has 15 heavy (non-hydrogen) atoms. The molecule has 2 aromatic rings. The molecule has 0 spiro atoms. The first-order valence-corrected chi connectivity index (χ1v) is 4.05. The van der Waals surface area contributed by atoms with E-state index >= 15 is 0 Å². The zero-order valence-corrected chi connectivity index (χ0v) is 7.51. The Morgan fingerprint density at radius 1 is 1.60 bits per heavy atom. The van der Waals surface area contributed by atoms with Crippen molar-refractivity contribution >= 4 is 22.8 Å². The number of carboxylic acid groups (broad SMARTS) is 1. The number of fused-ring (bicyclic) bond motifs is 1. The van der Waals surface area contributed by atoms with E-state index in [1.165, 1.54) is 18.2 Å². The minimum Gasteiger partial charge on any atom is -0.463 e. The number of nitrogens with zero attached hydrogens (tertiary/aromatic N) is 3. The first-order valence-electron chi connectivity index (χ1n) is 4.05. The van der Waals surface area contributed by atoms with Crippen molar-refractivity contribution in [2.45, 2.75) is 0 Å². The highest BCUT2D eigenvalue weighted by atomic mass is 16.4. The summed E-state index contributed by atoms with van der Waals surface area (Å²) in [5, 5.41) is 21.6. The number of anilines is 1. The lowest BCUT2D eigenvalue weighted by Gasteiger charge is -1.94. The van der Waals surface area contributed by atoms with E-state index in [0.717, 1.165) is 4.68 Å². The van der Waals surface area contributed by atoms with Crippen molar-refractivity contribution in [3.8, 4) is 6.07 Å². The third-order valence-electron chi connectivity index (χ3n) is 2.02. The molecule has 0 saturated carbocycles. The van der Waals surface area contributed by atoms with Gasteiger partial charge < -0.3 is 10.8 Å². The Morgan fingerprint density at radius 3 is 2.93 bits per heavy atom. The van der Waals surface area contributed by atoms with Gasteiger partial charge in [0.15, 0.2) is 5.82 Å². The maximum atomic E-state index is 10.8. The van der Waals surface area contributed by atoms with Gasteiger partial charge in [-0.05, 0) is 18.2 Å². The summed E-state index contributed by atoms with van der Waals surface area (Å²) in [5.41, 5.74) is 6.32. The Morgan fingerprint density at radius 2 is 2.33 bits per heavy atom. The summed E-state index contributed by atoms with van der Waals surface area (Å²) in [4.78, 5) is 10.8. The van der Waals surface area contributed by atoms with Crippen molar-refractivity contribution in [1.82, 2.24) is 9.78 Å². The maximum Gasteiger partial charge on any atom is 0.432 e. The van der Waals surface area contributed by atoms with Gasteiger partial charge in [0.05, 0.1) is 17.1 Å². The highest BCUT2D eigenvalue weighted by Gasteiger charge is 2.12. The molecule has 3 N–H and O–H groups in total. The van der Waals surface area contributed by atoms with Crippen molar-refractivity contribution in [3.63, 3.8) is 0 Å². The van der Waals surface area contributed by atoms with E-state index in [2.05, 4.69) is 5.10 Å². The number of nitriles is 1. The largest absolute Gasteiger partial charge is 0.463 e. The van der Waals surface area contributed by atoms with Crippen molar-refractivity contribution in [3.05, 3.63) is 23.8 Å². The average molecular weight is 202 g/mol. The molecule has 0 amide bonds. The first-order chi connectivity index (χ1) is 7.13. The van der Waals surface area contributed by atoms with Gasteiger partial charge in [-0.25, -0.2) is 4.79 Å². The van der Waals surface area contributed by atoms with Gasteiger partial charge in [-0.15, -0.1) is 5.10 Å². The van der Waals surface area contributed by atoms with Gasteiger partial charge in [0, 0.05) is 5.39 Å². The molecule has 2 rings (SSSR count). The van der Waals surface area contributed by atoms with Gasteiger partial charge in [0.25, 0.3) is 0 Å². The normalized spacial score (nSPS) is 10.1. The monoisotopic (exact) mass is 202 g/mol. The molecule has 0 aliphatic heterocycles. The number of nitrogens with two attached hydrogens (primary N) is 1. The molecule has 0 saturated heterocycles. The Bertz CT molecular complexity index is 594. The van der Waals surface area contributed by atoms with Crippen molar-refractivity contribution in [1.29, 1.82) is 5.26 Å². The highest BCUT2D eigenvalue weighted by Crippen LogP contribution is 2.21. The van der Waals surface area contributed by atoms with Crippen LogP contribution in [0.4, 0.5) is 10.6 Å². The van der Waals surface area contributed by atoms with E-state index in [4.69, 9.17) is 16.1 Å². The molecular formula is C9H6N4O2. The zero-order chi connectivity index (χ0) is 11.0. The van der Waals surface area contributed by atoms with Crippen molar-refractivity contribution < 1.29 is 9.90 Å². The van der Waals surface area contributed by atoms with Crippen LogP contribution in [0.15, 0.2) is 18.2 Å². The lowest BCUT2D eigenvalue weighted by atomic mass is 10.2. The van der Waals surface area contributed by atoms with Gasteiger partial charge in [0.1, 0.15) is 0 Å². The summed E-state index contributed by atoms with van der Waals surface area (Å²) >= 11 is 0. The Labute approximate surface area is 84.1 Å². The number of nitrogen functional groups attached to an aromatic ring is 1. The molecule has 0 aliphatic carbocycles. The van der Waals surface area contributed by atoms with Gasteiger partial charge in [-0.1, -0.05) is 0 Å². The van der Waals surface area contributed by atoms with E-state index < -0.39 is 6.09 Å². The van der Waals surface area contributed by atoms with E-state index in [9.17, 15) is 4.79 Å². The predicted octanol–water partition coefficient (Wildman–Crippen LogP) is 1.02. The Kier molecular flexibility index (Phi) is 1.80.